The zero-order valence-corrected chi connectivity index (χ0v) is 13.1. The third-order valence-electron chi connectivity index (χ3n) is 5.25. The molecule has 0 heterocycles. The van der Waals surface area contributed by atoms with Crippen molar-refractivity contribution in [2.75, 3.05) is 0 Å². The molecule has 2 aliphatic rings. The molecule has 0 aliphatic heterocycles. The smallest absolute Gasteiger partial charge is 0.315 e. The molecule has 3 N–H and O–H groups in total. The van der Waals surface area contributed by atoms with Gasteiger partial charge in [0.1, 0.15) is 0 Å². The SMILES string of the molecule is CC1CCCC(C)C1NC(=O)NC1CCC(C(=O)O)CC1. The van der Waals surface area contributed by atoms with Crippen molar-refractivity contribution in [3.63, 3.8) is 0 Å². The highest BCUT2D eigenvalue weighted by atomic mass is 16.4. The van der Waals surface area contributed by atoms with Crippen molar-refractivity contribution in [3.8, 4) is 0 Å². The lowest BCUT2D eigenvalue weighted by Crippen LogP contribution is -2.52. The van der Waals surface area contributed by atoms with Gasteiger partial charge in [0.25, 0.3) is 0 Å². The average molecular weight is 296 g/mol. The Morgan fingerprint density at radius 1 is 0.905 bits per heavy atom. The predicted molar refractivity (Wildman–Crippen MR) is 81.0 cm³/mol. The molecular weight excluding hydrogens is 268 g/mol. The van der Waals surface area contributed by atoms with Crippen LogP contribution in [0.4, 0.5) is 4.79 Å². The third-order valence-corrected chi connectivity index (χ3v) is 5.25. The van der Waals surface area contributed by atoms with E-state index in [-0.39, 0.29) is 24.0 Å². The lowest BCUT2D eigenvalue weighted by atomic mass is 9.79. The molecule has 2 aliphatic carbocycles. The van der Waals surface area contributed by atoms with Gasteiger partial charge in [-0.15, -0.1) is 0 Å². The van der Waals surface area contributed by atoms with Crippen LogP contribution in [0.25, 0.3) is 0 Å². The summed E-state index contributed by atoms with van der Waals surface area (Å²) in [6.07, 6.45) is 6.46. The Morgan fingerprint density at radius 2 is 1.48 bits per heavy atom. The fourth-order valence-electron chi connectivity index (χ4n) is 3.83. The number of amides is 2. The second kappa shape index (κ2) is 7.14. The summed E-state index contributed by atoms with van der Waals surface area (Å²) in [6.45, 7) is 4.41. The Hall–Kier alpha value is -1.26. The van der Waals surface area contributed by atoms with Crippen molar-refractivity contribution in [3.05, 3.63) is 0 Å². The van der Waals surface area contributed by atoms with Gasteiger partial charge in [0.2, 0.25) is 0 Å². The van der Waals surface area contributed by atoms with Crippen LogP contribution in [0.15, 0.2) is 0 Å². The topological polar surface area (TPSA) is 78.4 Å². The van der Waals surface area contributed by atoms with Gasteiger partial charge in [-0.3, -0.25) is 4.79 Å². The fraction of sp³-hybridized carbons (Fsp3) is 0.875. The van der Waals surface area contributed by atoms with Crippen LogP contribution in [-0.2, 0) is 4.79 Å². The van der Waals surface area contributed by atoms with E-state index in [0.29, 0.717) is 24.7 Å². The largest absolute Gasteiger partial charge is 0.481 e. The fourth-order valence-corrected chi connectivity index (χ4v) is 3.83. The number of carbonyl (C=O) groups excluding carboxylic acids is 1. The first kappa shape index (κ1) is 16.1. The van der Waals surface area contributed by atoms with Gasteiger partial charge in [0.05, 0.1) is 5.92 Å². The molecular formula is C16H28N2O3. The van der Waals surface area contributed by atoms with E-state index in [9.17, 15) is 9.59 Å². The Morgan fingerprint density at radius 3 is 2.00 bits per heavy atom. The Bertz CT molecular complexity index is 368. The van der Waals surface area contributed by atoms with Crippen molar-refractivity contribution < 1.29 is 14.7 Å². The van der Waals surface area contributed by atoms with E-state index in [4.69, 9.17) is 5.11 Å². The summed E-state index contributed by atoms with van der Waals surface area (Å²) in [5, 5.41) is 15.1. The lowest BCUT2D eigenvalue weighted by Gasteiger charge is -2.36. The normalized spacial score (nSPS) is 36.8. The van der Waals surface area contributed by atoms with Gasteiger partial charge in [-0.05, 0) is 50.4 Å². The summed E-state index contributed by atoms with van der Waals surface area (Å²) >= 11 is 0. The summed E-state index contributed by atoms with van der Waals surface area (Å²) in [4.78, 5) is 23.1. The molecule has 2 atom stereocenters. The van der Waals surface area contributed by atoms with E-state index in [0.717, 1.165) is 12.8 Å². The first-order valence-corrected chi connectivity index (χ1v) is 8.27. The predicted octanol–water partition coefficient (Wildman–Crippen LogP) is 2.75. The molecule has 21 heavy (non-hydrogen) atoms. The van der Waals surface area contributed by atoms with Crippen LogP contribution in [0.5, 0.6) is 0 Å². The Labute approximate surface area is 126 Å². The standard InChI is InChI=1S/C16H28N2O3/c1-10-4-3-5-11(2)14(10)18-16(21)17-13-8-6-12(7-9-13)15(19)20/h10-14H,3-9H2,1-2H3,(H,19,20)(H2,17,18,21). The number of urea groups is 1. The molecule has 2 amide bonds. The van der Waals surface area contributed by atoms with Gasteiger partial charge < -0.3 is 15.7 Å². The van der Waals surface area contributed by atoms with Crippen molar-refractivity contribution in [1.29, 1.82) is 0 Å². The van der Waals surface area contributed by atoms with E-state index in [1.165, 1.54) is 19.3 Å². The number of carboxylic acid groups (broad SMARTS) is 1. The number of carboxylic acids is 1. The average Bonchev–Trinajstić information content (AvgIpc) is 2.43. The minimum Gasteiger partial charge on any atom is -0.481 e. The molecule has 0 bridgehead atoms. The van der Waals surface area contributed by atoms with E-state index >= 15 is 0 Å². The van der Waals surface area contributed by atoms with Crippen LogP contribution in [0.2, 0.25) is 0 Å². The van der Waals surface area contributed by atoms with Crippen LogP contribution in [0.1, 0.15) is 58.8 Å². The van der Waals surface area contributed by atoms with Crippen LogP contribution >= 0.6 is 0 Å². The summed E-state index contributed by atoms with van der Waals surface area (Å²) in [7, 11) is 0. The maximum atomic E-state index is 12.1. The molecule has 120 valence electrons. The van der Waals surface area contributed by atoms with Gasteiger partial charge >= 0.3 is 12.0 Å². The molecule has 0 aromatic carbocycles. The molecule has 2 fully saturated rings. The van der Waals surface area contributed by atoms with E-state index in [1.807, 2.05) is 0 Å². The second-order valence-electron chi connectivity index (χ2n) is 6.92. The number of rotatable bonds is 3. The Balaban J connectivity index is 1.76. The summed E-state index contributed by atoms with van der Waals surface area (Å²) < 4.78 is 0. The third kappa shape index (κ3) is 4.35. The number of hydrogen-bond acceptors (Lipinski definition) is 2. The molecule has 0 aromatic heterocycles. The molecule has 5 nitrogen and oxygen atoms in total. The van der Waals surface area contributed by atoms with E-state index in [1.54, 1.807) is 0 Å². The first-order chi connectivity index (χ1) is 9.97. The molecule has 2 rings (SSSR count). The highest BCUT2D eigenvalue weighted by molar-refractivity contribution is 5.75. The van der Waals surface area contributed by atoms with Crippen LogP contribution in [0, 0.1) is 17.8 Å². The summed E-state index contributed by atoms with van der Waals surface area (Å²) in [6, 6.07) is 0.295. The monoisotopic (exact) mass is 296 g/mol. The molecule has 0 aromatic rings. The number of carbonyl (C=O) groups is 2. The molecule has 2 saturated carbocycles. The maximum Gasteiger partial charge on any atom is 0.315 e. The number of nitrogens with one attached hydrogen (secondary N) is 2. The van der Waals surface area contributed by atoms with Gasteiger partial charge in [0.15, 0.2) is 0 Å². The zero-order chi connectivity index (χ0) is 15.4. The van der Waals surface area contributed by atoms with Crippen molar-refractivity contribution in [2.24, 2.45) is 17.8 Å². The van der Waals surface area contributed by atoms with Gasteiger partial charge in [0, 0.05) is 12.1 Å². The number of hydrogen-bond donors (Lipinski definition) is 3. The lowest BCUT2D eigenvalue weighted by molar-refractivity contribution is -0.142. The number of aliphatic carboxylic acids is 1. The van der Waals surface area contributed by atoms with Crippen LogP contribution in [-0.4, -0.2) is 29.2 Å². The molecule has 5 heteroatoms. The summed E-state index contributed by atoms with van der Waals surface area (Å²) in [5.41, 5.74) is 0. The second-order valence-corrected chi connectivity index (χ2v) is 6.92. The van der Waals surface area contributed by atoms with Crippen molar-refractivity contribution >= 4 is 12.0 Å². The molecule has 2 unspecified atom stereocenters. The first-order valence-electron chi connectivity index (χ1n) is 8.27. The molecule has 0 saturated heterocycles. The Kier molecular flexibility index (Phi) is 5.48. The highest BCUT2D eigenvalue weighted by Crippen LogP contribution is 2.29. The van der Waals surface area contributed by atoms with Gasteiger partial charge in [-0.2, -0.15) is 0 Å². The quantitative estimate of drug-likeness (QED) is 0.749. The summed E-state index contributed by atoms with van der Waals surface area (Å²) in [5.74, 6) is 0.122. The van der Waals surface area contributed by atoms with Crippen molar-refractivity contribution in [1.82, 2.24) is 10.6 Å². The maximum absolute atomic E-state index is 12.1. The van der Waals surface area contributed by atoms with E-state index < -0.39 is 5.97 Å². The minimum absolute atomic E-state index is 0.0839. The van der Waals surface area contributed by atoms with Crippen LogP contribution in [0.3, 0.4) is 0 Å². The highest BCUT2D eigenvalue weighted by Gasteiger charge is 2.30. The molecule has 0 spiro atoms. The zero-order valence-electron chi connectivity index (χ0n) is 13.1. The minimum atomic E-state index is -0.706. The van der Waals surface area contributed by atoms with Gasteiger partial charge in [-0.25, -0.2) is 4.79 Å². The van der Waals surface area contributed by atoms with E-state index in [2.05, 4.69) is 24.5 Å². The van der Waals surface area contributed by atoms with Crippen molar-refractivity contribution in [2.45, 2.75) is 70.9 Å². The van der Waals surface area contributed by atoms with Crippen LogP contribution < -0.4 is 10.6 Å². The van der Waals surface area contributed by atoms with Gasteiger partial charge in [-0.1, -0.05) is 20.3 Å². The molecule has 0 radical (unpaired) electrons.